The molecule has 53 valence electrons. The summed E-state index contributed by atoms with van der Waals surface area (Å²) in [7, 11) is -0.955. The molecule has 0 aromatic heterocycles. The van der Waals surface area contributed by atoms with Crippen LogP contribution in [0.25, 0.3) is 0 Å². The highest BCUT2D eigenvalue weighted by Gasteiger charge is 2.33. The van der Waals surface area contributed by atoms with Gasteiger partial charge in [0, 0.05) is 6.54 Å². The maximum Gasteiger partial charge on any atom is 0.144 e. The van der Waals surface area contributed by atoms with Crippen molar-refractivity contribution in [3.8, 4) is 0 Å². The Morgan fingerprint density at radius 2 is 2.00 bits per heavy atom. The molecule has 0 amide bonds. The van der Waals surface area contributed by atoms with Gasteiger partial charge in [-0.25, -0.2) is 0 Å². The van der Waals surface area contributed by atoms with E-state index in [9.17, 15) is 0 Å². The summed E-state index contributed by atoms with van der Waals surface area (Å²) in [6, 6.07) is 4.23. The Kier molecular flexibility index (Phi) is 2.30. The van der Waals surface area contributed by atoms with Crippen molar-refractivity contribution in [1.82, 2.24) is 4.98 Å². The van der Waals surface area contributed by atoms with Crippen molar-refractivity contribution in [2.24, 2.45) is 0 Å². The lowest BCUT2D eigenvalue weighted by molar-refractivity contribution is 0.912. The van der Waals surface area contributed by atoms with Crippen LogP contribution in [0.15, 0.2) is 0 Å². The van der Waals surface area contributed by atoms with E-state index in [0.29, 0.717) is 0 Å². The first-order valence-corrected chi connectivity index (χ1v) is 6.58. The van der Waals surface area contributed by atoms with E-state index in [4.69, 9.17) is 4.98 Å². The summed E-state index contributed by atoms with van der Waals surface area (Å²) in [6.45, 7) is 5.79. The highest BCUT2D eigenvalue weighted by molar-refractivity contribution is 6.77. The number of hydrogen-bond donors (Lipinski definition) is 0. The van der Waals surface area contributed by atoms with Gasteiger partial charge in [0.2, 0.25) is 0 Å². The van der Waals surface area contributed by atoms with E-state index < -0.39 is 8.24 Å². The van der Waals surface area contributed by atoms with Gasteiger partial charge in [-0.15, -0.1) is 0 Å². The minimum Gasteiger partial charge on any atom is -0.269 e. The first-order valence-electron chi connectivity index (χ1n) is 4.01. The van der Waals surface area contributed by atoms with Crippen molar-refractivity contribution in [1.29, 1.82) is 0 Å². The van der Waals surface area contributed by atoms with Crippen molar-refractivity contribution in [3.63, 3.8) is 0 Å². The monoisotopic (exact) mass is 142 g/mol. The molecule has 1 aliphatic heterocycles. The van der Waals surface area contributed by atoms with Crippen LogP contribution in [-0.4, -0.2) is 14.8 Å². The smallest absolute Gasteiger partial charge is 0.144 e. The summed E-state index contributed by atoms with van der Waals surface area (Å²) in [5.74, 6) is 0. The van der Waals surface area contributed by atoms with Crippen molar-refractivity contribution < 1.29 is 0 Å². The van der Waals surface area contributed by atoms with Gasteiger partial charge in [-0.2, -0.15) is 0 Å². The quantitative estimate of drug-likeness (QED) is 0.523. The van der Waals surface area contributed by atoms with E-state index in [-0.39, 0.29) is 0 Å². The molecule has 0 bridgehead atoms. The number of hydrogen-bond acceptors (Lipinski definition) is 0. The molecule has 0 aromatic carbocycles. The van der Waals surface area contributed by atoms with Crippen molar-refractivity contribution >= 4 is 8.24 Å². The highest BCUT2D eigenvalue weighted by Crippen LogP contribution is 2.24. The average molecular weight is 142 g/mol. The average Bonchev–Trinajstić information content (AvgIpc) is 2.36. The zero-order valence-electron chi connectivity index (χ0n) is 6.48. The molecule has 0 aliphatic carbocycles. The van der Waals surface area contributed by atoms with Gasteiger partial charge in [0.1, 0.15) is 8.24 Å². The second-order valence-electron chi connectivity index (χ2n) is 2.92. The van der Waals surface area contributed by atoms with Gasteiger partial charge >= 0.3 is 0 Å². The summed E-state index contributed by atoms with van der Waals surface area (Å²) in [5.41, 5.74) is 0. The van der Waals surface area contributed by atoms with Gasteiger partial charge < -0.3 is 0 Å². The first kappa shape index (κ1) is 7.29. The zero-order valence-corrected chi connectivity index (χ0v) is 7.48. The molecule has 1 saturated heterocycles. The van der Waals surface area contributed by atoms with Crippen LogP contribution in [0.2, 0.25) is 18.1 Å². The Hall–Kier alpha value is 0.177. The summed E-state index contributed by atoms with van der Waals surface area (Å²) >= 11 is 0. The number of nitrogens with zero attached hydrogens (tertiary/aromatic N) is 1. The minimum atomic E-state index is -0.955. The summed E-state index contributed by atoms with van der Waals surface area (Å²) < 4.78 is 0. The Morgan fingerprint density at radius 1 is 1.33 bits per heavy atom. The lowest BCUT2D eigenvalue weighted by Gasteiger charge is -2.20. The van der Waals surface area contributed by atoms with Gasteiger partial charge in [0.15, 0.2) is 0 Å². The predicted molar refractivity (Wildman–Crippen MR) is 43.1 cm³/mol. The van der Waals surface area contributed by atoms with Crippen LogP contribution in [0.5, 0.6) is 0 Å². The van der Waals surface area contributed by atoms with Gasteiger partial charge in [-0.1, -0.05) is 13.8 Å². The third-order valence-corrected chi connectivity index (χ3v) is 7.37. The Bertz CT molecular complexity index is 80.9. The Morgan fingerprint density at radius 3 is 2.22 bits per heavy atom. The van der Waals surface area contributed by atoms with Crippen LogP contribution in [-0.2, 0) is 0 Å². The second-order valence-corrected chi connectivity index (χ2v) is 7.60. The third-order valence-electron chi connectivity index (χ3n) is 2.56. The molecular weight excluding hydrogens is 126 g/mol. The fraction of sp³-hybridized carbons (Fsp3) is 1.00. The van der Waals surface area contributed by atoms with Crippen molar-refractivity contribution in [3.05, 3.63) is 0 Å². The molecule has 1 radical (unpaired) electrons. The molecule has 0 aromatic rings. The highest BCUT2D eigenvalue weighted by atomic mass is 28.3. The van der Waals surface area contributed by atoms with E-state index in [1.54, 1.807) is 0 Å². The molecule has 0 atom stereocenters. The van der Waals surface area contributed by atoms with Crippen LogP contribution in [0.1, 0.15) is 20.3 Å². The maximum absolute atomic E-state index is 4.74. The van der Waals surface area contributed by atoms with Crippen LogP contribution in [0.4, 0.5) is 0 Å². The predicted octanol–water partition coefficient (Wildman–Crippen LogP) is 1.98. The molecule has 1 rings (SSSR count). The van der Waals surface area contributed by atoms with Crippen molar-refractivity contribution in [2.45, 2.75) is 38.4 Å². The van der Waals surface area contributed by atoms with Crippen molar-refractivity contribution in [2.75, 3.05) is 6.54 Å². The van der Waals surface area contributed by atoms with E-state index in [2.05, 4.69) is 13.8 Å². The van der Waals surface area contributed by atoms with E-state index in [1.165, 1.54) is 31.1 Å². The number of rotatable bonds is 2. The molecule has 0 unspecified atom stereocenters. The summed E-state index contributed by atoms with van der Waals surface area (Å²) in [4.78, 5) is 4.74. The van der Waals surface area contributed by atoms with Crippen LogP contribution < -0.4 is 4.98 Å². The van der Waals surface area contributed by atoms with Gasteiger partial charge in [-0.05, 0) is 24.6 Å². The fourth-order valence-electron chi connectivity index (χ4n) is 1.63. The lowest BCUT2D eigenvalue weighted by atomic mass is 10.5. The van der Waals surface area contributed by atoms with E-state index >= 15 is 0 Å². The van der Waals surface area contributed by atoms with Crippen LogP contribution in [0, 0.1) is 0 Å². The molecule has 0 spiro atoms. The lowest BCUT2D eigenvalue weighted by Crippen LogP contribution is -2.38. The minimum absolute atomic E-state index is 0.955. The molecule has 1 heterocycles. The third kappa shape index (κ3) is 1.35. The van der Waals surface area contributed by atoms with E-state index in [1.807, 2.05) is 0 Å². The van der Waals surface area contributed by atoms with Crippen LogP contribution >= 0.6 is 0 Å². The molecule has 1 aliphatic rings. The summed E-state index contributed by atoms with van der Waals surface area (Å²) in [6.07, 6.45) is 1.38. The van der Waals surface area contributed by atoms with Crippen LogP contribution in [0.3, 0.4) is 0 Å². The zero-order chi connectivity index (χ0) is 6.74. The molecule has 1 fully saturated rings. The standard InChI is InChI=1S/C7H16NSi/c1-3-9(4-2)7-5-6-8-9/h3-7H2,1-2H3. The Balaban J connectivity index is 2.45. The topological polar surface area (TPSA) is 14.1 Å². The molecule has 0 N–H and O–H groups in total. The second kappa shape index (κ2) is 2.84. The fourth-order valence-corrected chi connectivity index (χ4v) is 4.89. The molecular formula is C7H16NSi. The largest absolute Gasteiger partial charge is 0.269 e. The first-order chi connectivity index (χ1) is 4.33. The molecule has 2 heteroatoms. The van der Waals surface area contributed by atoms with Gasteiger partial charge in [-0.3, -0.25) is 4.98 Å². The van der Waals surface area contributed by atoms with Gasteiger partial charge in [0.05, 0.1) is 0 Å². The molecule has 1 nitrogen and oxygen atoms in total. The van der Waals surface area contributed by atoms with Gasteiger partial charge in [0.25, 0.3) is 0 Å². The molecule has 0 saturated carbocycles. The normalized spacial score (nSPS) is 24.7. The van der Waals surface area contributed by atoms with E-state index in [0.717, 1.165) is 0 Å². The summed E-state index contributed by atoms with van der Waals surface area (Å²) in [5, 5.41) is 0. The Labute approximate surface area is 58.9 Å². The SMILES string of the molecule is CC[Si]1(CC)CCC[N]1. The molecule has 9 heavy (non-hydrogen) atoms. The maximum atomic E-state index is 4.74.